The van der Waals surface area contributed by atoms with Crippen LogP contribution in [-0.4, -0.2) is 87.5 Å². The summed E-state index contributed by atoms with van der Waals surface area (Å²) < 4.78 is 0. The Kier molecular flexibility index (Phi) is 6.31. The smallest absolute Gasteiger partial charge is 0.244 e. The lowest BCUT2D eigenvalue weighted by Crippen LogP contribution is -2.49. The Morgan fingerprint density at radius 2 is 1.58 bits per heavy atom. The van der Waals surface area contributed by atoms with E-state index < -0.39 is 0 Å². The third kappa shape index (κ3) is 4.77. The number of halogens is 1. The van der Waals surface area contributed by atoms with Gasteiger partial charge in [-0.25, -0.2) is 4.99 Å². The summed E-state index contributed by atoms with van der Waals surface area (Å²) in [7, 11) is 7.70. The fourth-order valence-electron chi connectivity index (χ4n) is 2.79. The molecule has 0 N–H and O–H groups in total. The number of piperazine rings is 1. The SMILES string of the molecule is CN(C)C(=NCC(=O)N1CCN(c2ccc(Cl)cc2)CC1)N(C)C. The van der Waals surface area contributed by atoms with Gasteiger partial charge in [0.2, 0.25) is 5.91 Å². The molecule has 0 unspecified atom stereocenters. The highest BCUT2D eigenvalue weighted by atomic mass is 35.5. The number of nitrogens with zero attached hydrogens (tertiary/aromatic N) is 5. The summed E-state index contributed by atoms with van der Waals surface area (Å²) in [6.07, 6.45) is 0. The average molecular weight is 352 g/mol. The molecule has 0 aliphatic carbocycles. The Morgan fingerprint density at radius 1 is 1.04 bits per heavy atom. The maximum absolute atomic E-state index is 12.4. The number of aliphatic imine (C=N–C) groups is 1. The Labute approximate surface area is 149 Å². The van der Waals surface area contributed by atoms with Crippen LogP contribution in [0.2, 0.25) is 5.02 Å². The Hall–Kier alpha value is -1.95. The largest absolute Gasteiger partial charge is 0.368 e. The molecule has 7 heteroatoms. The molecule has 1 heterocycles. The fraction of sp³-hybridized carbons (Fsp3) is 0.529. The molecule has 24 heavy (non-hydrogen) atoms. The van der Waals surface area contributed by atoms with Gasteiger partial charge in [0, 0.05) is 65.1 Å². The van der Waals surface area contributed by atoms with Crippen molar-refractivity contribution in [2.24, 2.45) is 4.99 Å². The molecule has 1 aliphatic heterocycles. The zero-order valence-electron chi connectivity index (χ0n) is 14.9. The topological polar surface area (TPSA) is 42.4 Å². The van der Waals surface area contributed by atoms with E-state index in [0.717, 1.165) is 42.8 Å². The molecule has 6 nitrogen and oxygen atoms in total. The fourth-order valence-corrected chi connectivity index (χ4v) is 2.91. The number of amides is 1. The van der Waals surface area contributed by atoms with E-state index >= 15 is 0 Å². The number of anilines is 1. The van der Waals surface area contributed by atoms with Gasteiger partial charge in [-0.3, -0.25) is 4.79 Å². The van der Waals surface area contributed by atoms with Crippen LogP contribution < -0.4 is 4.90 Å². The lowest BCUT2D eigenvalue weighted by Gasteiger charge is -2.36. The second-order valence-electron chi connectivity index (χ2n) is 6.25. The molecule has 0 atom stereocenters. The van der Waals surface area contributed by atoms with Gasteiger partial charge in [-0.15, -0.1) is 0 Å². The lowest BCUT2D eigenvalue weighted by atomic mass is 10.2. The standard InChI is InChI=1S/C17H26ClN5O/c1-20(2)17(21(3)4)19-13-16(24)23-11-9-22(10-12-23)15-7-5-14(18)6-8-15/h5-8H,9-13H2,1-4H3. The van der Waals surface area contributed by atoms with Gasteiger partial charge >= 0.3 is 0 Å². The molecule has 1 saturated heterocycles. The van der Waals surface area contributed by atoms with E-state index in [1.807, 2.05) is 67.2 Å². The van der Waals surface area contributed by atoms with E-state index in [-0.39, 0.29) is 12.5 Å². The highest BCUT2D eigenvalue weighted by Gasteiger charge is 2.21. The molecule has 1 amide bonds. The second kappa shape index (κ2) is 8.24. The first-order valence-electron chi connectivity index (χ1n) is 8.06. The minimum Gasteiger partial charge on any atom is -0.368 e. The molecule has 2 rings (SSSR count). The van der Waals surface area contributed by atoms with Crippen molar-refractivity contribution in [2.45, 2.75) is 0 Å². The van der Waals surface area contributed by atoms with Crippen LogP contribution >= 0.6 is 11.6 Å². The van der Waals surface area contributed by atoms with Gasteiger partial charge in [0.1, 0.15) is 6.54 Å². The van der Waals surface area contributed by atoms with Gasteiger partial charge in [0.25, 0.3) is 0 Å². The first kappa shape index (κ1) is 18.4. The van der Waals surface area contributed by atoms with Crippen LogP contribution in [0.3, 0.4) is 0 Å². The zero-order valence-corrected chi connectivity index (χ0v) is 15.6. The Morgan fingerprint density at radius 3 is 2.08 bits per heavy atom. The van der Waals surface area contributed by atoms with Crippen LogP contribution in [-0.2, 0) is 4.79 Å². The van der Waals surface area contributed by atoms with Crippen LogP contribution in [0.4, 0.5) is 5.69 Å². The summed E-state index contributed by atoms with van der Waals surface area (Å²) in [5, 5.41) is 0.739. The van der Waals surface area contributed by atoms with Crippen LogP contribution in [0.25, 0.3) is 0 Å². The van der Waals surface area contributed by atoms with E-state index in [1.165, 1.54) is 0 Å². The van der Waals surface area contributed by atoms with Crippen molar-refractivity contribution in [1.29, 1.82) is 0 Å². The number of rotatable bonds is 3. The van der Waals surface area contributed by atoms with Gasteiger partial charge < -0.3 is 19.6 Å². The van der Waals surface area contributed by atoms with Crippen LogP contribution in [0.5, 0.6) is 0 Å². The summed E-state index contributed by atoms with van der Waals surface area (Å²) in [5.74, 6) is 0.870. The third-order valence-corrected chi connectivity index (χ3v) is 4.23. The van der Waals surface area contributed by atoms with E-state index in [0.29, 0.717) is 0 Å². The van der Waals surface area contributed by atoms with E-state index in [2.05, 4.69) is 9.89 Å². The molecular weight excluding hydrogens is 326 g/mol. The number of carbonyl (C=O) groups is 1. The van der Waals surface area contributed by atoms with E-state index in [4.69, 9.17) is 11.6 Å². The number of hydrogen-bond acceptors (Lipinski definition) is 3. The van der Waals surface area contributed by atoms with Gasteiger partial charge in [0.05, 0.1) is 0 Å². The number of guanidine groups is 1. The van der Waals surface area contributed by atoms with Crippen molar-refractivity contribution in [2.75, 3.05) is 65.8 Å². The predicted octanol–water partition coefficient (Wildman–Crippen LogP) is 1.47. The molecular formula is C17H26ClN5O. The molecule has 0 saturated carbocycles. The van der Waals surface area contributed by atoms with Crippen molar-refractivity contribution in [1.82, 2.24) is 14.7 Å². The summed E-state index contributed by atoms with van der Waals surface area (Å²) in [5.41, 5.74) is 1.15. The molecule has 0 radical (unpaired) electrons. The van der Waals surface area contributed by atoms with Gasteiger partial charge in [0.15, 0.2) is 5.96 Å². The lowest BCUT2D eigenvalue weighted by molar-refractivity contribution is -0.129. The quantitative estimate of drug-likeness (QED) is 0.611. The Bertz CT molecular complexity index is 567. The first-order chi connectivity index (χ1) is 11.4. The highest BCUT2D eigenvalue weighted by molar-refractivity contribution is 6.30. The molecule has 1 aliphatic rings. The van der Waals surface area contributed by atoms with Crippen LogP contribution in [0.1, 0.15) is 0 Å². The molecule has 0 bridgehead atoms. The average Bonchev–Trinajstić information content (AvgIpc) is 2.55. The van der Waals surface area contributed by atoms with Crippen molar-refractivity contribution >= 4 is 29.2 Å². The number of benzene rings is 1. The minimum atomic E-state index is 0.0759. The summed E-state index contributed by atoms with van der Waals surface area (Å²) in [6.45, 7) is 3.27. The predicted molar refractivity (Wildman–Crippen MR) is 99.9 cm³/mol. The molecule has 132 valence electrons. The van der Waals surface area contributed by atoms with Crippen molar-refractivity contribution in [3.63, 3.8) is 0 Å². The molecule has 0 spiro atoms. The monoisotopic (exact) mass is 351 g/mol. The number of hydrogen-bond donors (Lipinski definition) is 0. The maximum Gasteiger partial charge on any atom is 0.244 e. The first-order valence-corrected chi connectivity index (χ1v) is 8.43. The summed E-state index contributed by atoms with van der Waals surface area (Å²) >= 11 is 5.93. The molecule has 1 aromatic carbocycles. The van der Waals surface area contributed by atoms with Gasteiger partial charge in [-0.05, 0) is 24.3 Å². The van der Waals surface area contributed by atoms with Gasteiger partial charge in [-0.1, -0.05) is 11.6 Å². The summed E-state index contributed by atoms with van der Waals surface area (Å²) in [6, 6.07) is 7.83. The molecule has 0 aromatic heterocycles. The third-order valence-electron chi connectivity index (χ3n) is 3.98. The minimum absolute atomic E-state index is 0.0759. The number of carbonyl (C=O) groups excluding carboxylic acids is 1. The van der Waals surface area contributed by atoms with Crippen molar-refractivity contribution in [3.8, 4) is 0 Å². The Balaban J connectivity index is 1.88. The van der Waals surface area contributed by atoms with Crippen LogP contribution in [0.15, 0.2) is 29.3 Å². The summed E-state index contributed by atoms with van der Waals surface area (Å²) in [4.78, 5) is 24.8. The zero-order chi connectivity index (χ0) is 17.7. The highest BCUT2D eigenvalue weighted by Crippen LogP contribution is 2.19. The van der Waals surface area contributed by atoms with Crippen molar-refractivity contribution in [3.05, 3.63) is 29.3 Å². The van der Waals surface area contributed by atoms with Gasteiger partial charge in [-0.2, -0.15) is 0 Å². The van der Waals surface area contributed by atoms with Crippen molar-refractivity contribution < 1.29 is 4.79 Å². The van der Waals surface area contributed by atoms with E-state index in [9.17, 15) is 4.79 Å². The molecule has 1 fully saturated rings. The molecule has 1 aromatic rings. The van der Waals surface area contributed by atoms with E-state index in [1.54, 1.807) is 0 Å². The second-order valence-corrected chi connectivity index (χ2v) is 6.69. The maximum atomic E-state index is 12.4. The normalized spacial score (nSPS) is 14.4. The van der Waals surface area contributed by atoms with Crippen LogP contribution in [0, 0.1) is 0 Å².